The molecule has 1 unspecified atom stereocenters. The number of likely N-dealkylation sites (tertiary alicyclic amines) is 1. The molecule has 1 nitrogen and oxygen atoms in total. The molecule has 102 valence electrons. The smallest absolute Gasteiger partial charge is 0.0339 e. The predicted octanol–water partition coefficient (Wildman–Crippen LogP) is 4.61. The molecule has 1 saturated heterocycles. The summed E-state index contributed by atoms with van der Waals surface area (Å²) in [5.74, 6) is 0.842. The van der Waals surface area contributed by atoms with Crippen LogP contribution in [0, 0.1) is 5.92 Å². The van der Waals surface area contributed by atoms with Gasteiger partial charge in [-0.3, -0.25) is 4.90 Å². The molecule has 2 heterocycles. The Balaban J connectivity index is 1.89. The van der Waals surface area contributed by atoms with Crippen LogP contribution in [0.25, 0.3) is 5.57 Å². The standard InChI is InChI=1S/C17H23NS/c1-4-16(17-6-5-11-19-17)8-7-14(2)12-18-10-9-15(3)13-18/h4-8,11,15H,2,9-10,12-13H2,1,3H3/b8-7-,16-4+. The van der Waals surface area contributed by atoms with Gasteiger partial charge >= 0.3 is 0 Å². The van der Waals surface area contributed by atoms with Gasteiger partial charge in [0.2, 0.25) is 0 Å². The molecule has 0 amide bonds. The molecule has 19 heavy (non-hydrogen) atoms. The zero-order valence-electron chi connectivity index (χ0n) is 11.9. The molecule has 0 aromatic carbocycles. The normalized spacial score (nSPS) is 21.4. The Bertz CT molecular complexity index is 467. The summed E-state index contributed by atoms with van der Waals surface area (Å²) in [5.41, 5.74) is 2.48. The maximum atomic E-state index is 4.18. The zero-order chi connectivity index (χ0) is 13.7. The van der Waals surface area contributed by atoms with E-state index in [0.717, 1.165) is 12.5 Å². The maximum Gasteiger partial charge on any atom is 0.0339 e. The van der Waals surface area contributed by atoms with Gasteiger partial charge in [-0.2, -0.15) is 0 Å². The van der Waals surface area contributed by atoms with Crippen LogP contribution in [0.1, 0.15) is 25.1 Å². The largest absolute Gasteiger partial charge is 0.299 e. The Kier molecular flexibility index (Phi) is 5.17. The lowest BCUT2D eigenvalue weighted by molar-refractivity contribution is 0.359. The number of hydrogen-bond acceptors (Lipinski definition) is 2. The highest BCUT2D eigenvalue weighted by atomic mass is 32.1. The molecular formula is C17H23NS. The van der Waals surface area contributed by atoms with Crippen LogP contribution in [0.5, 0.6) is 0 Å². The number of allylic oxidation sites excluding steroid dienone is 3. The average Bonchev–Trinajstić information content (AvgIpc) is 3.02. The highest BCUT2D eigenvalue weighted by Crippen LogP contribution is 2.22. The van der Waals surface area contributed by atoms with Crippen LogP contribution < -0.4 is 0 Å². The molecule has 0 radical (unpaired) electrons. The lowest BCUT2D eigenvalue weighted by Gasteiger charge is -2.15. The van der Waals surface area contributed by atoms with Crippen molar-refractivity contribution in [3.8, 4) is 0 Å². The lowest BCUT2D eigenvalue weighted by Crippen LogP contribution is -2.22. The van der Waals surface area contributed by atoms with Crippen LogP contribution in [0.15, 0.2) is 47.9 Å². The molecule has 0 bridgehead atoms. The second-order valence-electron chi connectivity index (χ2n) is 5.34. The van der Waals surface area contributed by atoms with Crippen LogP contribution in [0.3, 0.4) is 0 Å². The molecule has 0 aliphatic carbocycles. The summed E-state index contributed by atoms with van der Waals surface area (Å²) < 4.78 is 0. The van der Waals surface area contributed by atoms with E-state index in [2.05, 4.69) is 61.1 Å². The summed E-state index contributed by atoms with van der Waals surface area (Å²) in [7, 11) is 0. The number of thiophene rings is 1. The number of hydrogen-bond donors (Lipinski definition) is 0. The van der Waals surface area contributed by atoms with Crippen LogP contribution in [-0.4, -0.2) is 24.5 Å². The van der Waals surface area contributed by atoms with Gasteiger partial charge in [0.15, 0.2) is 0 Å². The van der Waals surface area contributed by atoms with Crippen molar-refractivity contribution in [3.05, 3.63) is 52.8 Å². The van der Waals surface area contributed by atoms with E-state index in [1.165, 1.54) is 35.5 Å². The number of nitrogens with zero attached hydrogens (tertiary/aromatic N) is 1. The Morgan fingerprint density at radius 3 is 2.95 bits per heavy atom. The third-order valence-electron chi connectivity index (χ3n) is 3.55. The van der Waals surface area contributed by atoms with Gasteiger partial charge in [0.1, 0.15) is 0 Å². The second kappa shape index (κ2) is 6.88. The van der Waals surface area contributed by atoms with E-state index in [1.807, 2.05) is 0 Å². The first-order chi connectivity index (χ1) is 9.19. The van der Waals surface area contributed by atoms with Crippen molar-refractivity contribution in [2.24, 2.45) is 5.92 Å². The average molecular weight is 273 g/mol. The number of rotatable bonds is 5. The van der Waals surface area contributed by atoms with Crippen molar-refractivity contribution < 1.29 is 0 Å². The Morgan fingerprint density at radius 1 is 1.53 bits per heavy atom. The first kappa shape index (κ1) is 14.3. The van der Waals surface area contributed by atoms with Crippen molar-refractivity contribution in [3.63, 3.8) is 0 Å². The van der Waals surface area contributed by atoms with Gasteiger partial charge in [0.05, 0.1) is 0 Å². The van der Waals surface area contributed by atoms with Crippen LogP contribution in [0.4, 0.5) is 0 Å². The van der Waals surface area contributed by atoms with Gasteiger partial charge in [-0.1, -0.05) is 37.8 Å². The minimum atomic E-state index is 0.842. The monoisotopic (exact) mass is 273 g/mol. The SMILES string of the molecule is C=C(/C=C\C(=C/C)c1cccs1)CN1CCC(C)C1. The minimum Gasteiger partial charge on any atom is -0.299 e. The van der Waals surface area contributed by atoms with Crippen LogP contribution in [-0.2, 0) is 0 Å². The summed E-state index contributed by atoms with van der Waals surface area (Å²) in [5, 5.41) is 2.12. The summed E-state index contributed by atoms with van der Waals surface area (Å²) in [6.07, 6.45) is 7.84. The van der Waals surface area contributed by atoms with Crippen LogP contribution in [0.2, 0.25) is 0 Å². The van der Waals surface area contributed by atoms with E-state index in [1.54, 1.807) is 11.3 Å². The van der Waals surface area contributed by atoms with Crippen LogP contribution >= 0.6 is 11.3 Å². The topological polar surface area (TPSA) is 3.24 Å². The summed E-state index contributed by atoms with van der Waals surface area (Å²) in [6, 6.07) is 4.26. The van der Waals surface area contributed by atoms with E-state index >= 15 is 0 Å². The van der Waals surface area contributed by atoms with Gasteiger partial charge in [0, 0.05) is 18.0 Å². The molecule has 1 aromatic rings. The summed E-state index contributed by atoms with van der Waals surface area (Å²) >= 11 is 1.78. The highest BCUT2D eigenvalue weighted by molar-refractivity contribution is 7.11. The van der Waals surface area contributed by atoms with E-state index < -0.39 is 0 Å². The molecule has 1 aromatic heterocycles. The van der Waals surface area contributed by atoms with Crippen molar-refractivity contribution in [2.75, 3.05) is 19.6 Å². The minimum absolute atomic E-state index is 0.842. The zero-order valence-corrected chi connectivity index (χ0v) is 12.7. The summed E-state index contributed by atoms with van der Waals surface area (Å²) in [4.78, 5) is 3.82. The van der Waals surface area contributed by atoms with E-state index in [0.29, 0.717) is 0 Å². The fraction of sp³-hybridized carbons (Fsp3) is 0.412. The third-order valence-corrected chi connectivity index (χ3v) is 4.47. The van der Waals surface area contributed by atoms with Gasteiger partial charge < -0.3 is 0 Å². The second-order valence-corrected chi connectivity index (χ2v) is 6.29. The fourth-order valence-corrected chi connectivity index (χ4v) is 3.26. The van der Waals surface area contributed by atoms with Crippen molar-refractivity contribution in [1.29, 1.82) is 0 Å². The molecular weight excluding hydrogens is 250 g/mol. The van der Waals surface area contributed by atoms with Gasteiger partial charge in [-0.15, -0.1) is 11.3 Å². The Morgan fingerprint density at radius 2 is 2.37 bits per heavy atom. The predicted molar refractivity (Wildman–Crippen MR) is 86.5 cm³/mol. The van der Waals surface area contributed by atoms with Crippen molar-refractivity contribution >= 4 is 16.9 Å². The van der Waals surface area contributed by atoms with Crippen molar-refractivity contribution in [2.45, 2.75) is 20.3 Å². The van der Waals surface area contributed by atoms with Crippen molar-refractivity contribution in [1.82, 2.24) is 4.90 Å². The molecule has 1 atom stereocenters. The molecule has 2 rings (SSSR count). The lowest BCUT2D eigenvalue weighted by atomic mass is 10.1. The van der Waals surface area contributed by atoms with Gasteiger partial charge in [-0.25, -0.2) is 0 Å². The summed E-state index contributed by atoms with van der Waals surface area (Å²) in [6.45, 7) is 12.0. The van der Waals surface area contributed by atoms with E-state index in [-0.39, 0.29) is 0 Å². The molecule has 0 saturated carbocycles. The Labute approximate surface area is 121 Å². The molecule has 0 N–H and O–H groups in total. The van der Waals surface area contributed by atoms with Gasteiger partial charge in [0.25, 0.3) is 0 Å². The molecule has 1 aliphatic heterocycles. The quantitative estimate of drug-likeness (QED) is 0.708. The molecule has 1 aliphatic rings. The molecule has 1 fully saturated rings. The highest BCUT2D eigenvalue weighted by Gasteiger charge is 2.17. The maximum absolute atomic E-state index is 4.18. The van der Waals surface area contributed by atoms with Gasteiger partial charge in [-0.05, 0) is 48.4 Å². The Hall–Kier alpha value is -1.12. The molecule has 2 heteroatoms. The first-order valence-electron chi connectivity index (χ1n) is 6.97. The van der Waals surface area contributed by atoms with E-state index in [9.17, 15) is 0 Å². The molecule has 0 spiro atoms. The first-order valence-corrected chi connectivity index (χ1v) is 7.85. The van der Waals surface area contributed by atoms with E-state index in [4.69, 9.17) is 0 Å². The third kappa shape index (κ3) is 4.19. The fourth-order valence-electron chi connectivity index (χ4n) is 2.48.